The molecule has 0 fully saturated rings. The summed E-state index contributed by atoms with van der Waals surface area (Å²) in [6, 6.07) is 6.31. The van der Waals surface area contributed by atoms with E-state index in [-0.39, 0.29) is 10.9 Å². The molecule has 0 bridgehead atoms. The largest absolute Gasteiger partial charge is 0.497 e. The lowest BCUT2D eigenvalue weighted by Gasteiger charge is -2.13. The zero-order valence-electron chi connectivity index (χ0n) is 10.4. The van der Waals surface area contributed by atoms with E-state index in [1.54, 1.807) is 31.4 Å². The zero-order valence-corrected chi connectivity index (χ0v) is 11.3. The first-order valence-electron chi connectivity index (χ1n) is 5.66. The van der Waals surface area contributed by atoms with Crippen LogP contribution in [0.1, 0.15) is 26.7 Å². The van der Waals surface area contributed by atoms with Crippen molar-refractivity contribution in [3.63, 3.8) is 0 Å². The van der Waals surface area contributed by atoms with Crippen LogP contribution in [0.25, 0.3) is 0 Å². The van der Waals surface area contributed by atoms with Crippen LogP contribution < -0.4 is 9.46 Å². The van der Waals surface area contributed by atoms with Crippen molar-refractivity contribution in [1.82, 2.24) is 4.72 Å². The van der Waals surface area contributed by atoms with Gasteiger partial charge in [-0.2, -0.15) is 0 Å². The monoisotopic (exact) mass is 257 g/mol. The van der Waals surface area contributed by atoms with E-state index < -0.39 is 10.0 Å². The molecule has 1 rings (SSSR count). The van der Waals surface area contributed by atoms with Gasteiger partial charge in [0.1, 0.15) is 5.75 Å². The van der Waals surface area contributed by atoms with Crippen molar-refractivity contribution < 1.29 is 13.2 Å². The Labute approximate surface area is 103 Å². The molecule has 0 heterocycles. The van der Waals surface area contributed by atoms with Crippen molar-refractivity contribution in [3.8, 4) is 5.75 Å². The Morgan fingerprint density at radius 1 is 1.29 bits per heavy atom. The van der Waals surface area contributed by atoms with E-state index in [0.717, 1.165) is 12.8 Å². The van der Waals surface area contributed by atoms with Gasteiger partial charge in [0, 0.05) is 6.04 Å². The molecule has 0 spiro atoms. The molecule has 0 radical (unpaired) electrons. The third kappa shape index (κ3) is 4.02. The third-order valence-electron chi connectivity index (χ3n) is 2.45. The fourth-order valence-electron chi connectivity index (χ4n) is 1.58. The van der Waals surface area contributed by atoms with Gasteiger partial charge in [0.15, 0.2) is 0 Å². The molecule has 0 saturated carbocycles. The standard InChI is InChI=1S/C12H19NO3S/c1-4-5-10(2)13-17(14,15)12-8-6-11(16-3)7-9-12/h6-10,13H,4-5H2,1-3H3. The average molecular weight is 257 g/mol. The van der Waals surface area contributed by atoms with Crippen LogP contribution in [0.3, 0.4) is 0 Å². The van der Waals surface area contributed by atoms with Gasteiger partial charge in [-0.15, -0.1) is 0 Å². The number of hydrogen-bond acceptors (Lipinski definition) is 3. The molecular formula is C12H19NO3S. The maximum absolute atomic E-state index is 12.0. The van der Waals surface area contributed by atoms with Gasteiger partial charge in [-0.25, -0.2) is 13.1 Å². The third-order valence-corrected chi connectivity index (χ3v) is 4.05. The van der Waals surface area contributed by atoms with Crippen LogP contribution in [0.2, 0.25) is 0 Å². The summed E-state index contributed by atoms with van der Waals surface area (Å²) in [4.78, 5) is 0.265. The number of rotatable bonds is 6. The van der Waals surface area contributed by atoms with Crippen molar-refractivity contribution in [1.29, 1.82) is 0 Å². The second-order valence-electron chi connectivity index (χ2n) is 3.99. The molecule has 1 aromatic carbocycles. The number of methoxy groups -OCH3 is 1. The Balaban J connectivity index is 2.82. The van der Waals surface area contributed by atoms with Crippen molar-refractivity contribution in [2.24, 2.45) is 0 Å². The summed E-state index contributed by atoms with van der Waals surface area (Å²) in [7, 11) is -1.87. The fourth-order valence-corrected chi connectivity index (χ4v) is 2.86. The topological polar surface area (TPSA) is 55.4 Å². The first kappa shape index (κ1) is 14.0. The van der Waals surface area contributed by atoms with E-state index in [1.807, 2.05) is 13.8 Å². The SMILES string of the molecule is CCCC(C)NS(=O)(=O)c1ccc(OC)cc1. The van der Waals surface area contributed by atoms with Gasteiger partial charge in [0.05, 0.1) is 12.0 Å². The Bertz CT molecular complexity index is 439. The second-order valence-corrected chi connectivity index (χ2v) is 5.70. The molecule has 1 unspecified atom stereocenters. The molecule has 0 aromatic heterocycles. The summed E-state index contributed by atoms with van der Waals surface area (Å²) in [6.45, 7) is 3.89. The van der Waals surface area contributed by atoms with E-state index in [1.165, 1.54) is 0 Å². The lowest BCUT2D eigenvalue weighted by atomic mass is 10.2. The number of sulfonamides is 1. The highest BCUT2D eigenvalue weighted by Gasteiger charge is 2.16. The van der Waals surface area contributed by atoms with Crippen LogP contribution in [-0.2, 0) is 10.0 Å². The molecule has 0 amide bonds. The smallest absolute Gasteiger partial charge is 0.240 e. The van der Waals surface area contributed by atoms with Gasteiger partial charge in [0.2, 0.25) is 10.0 Å². The van der Waals surface area contributed by atoms with Crippen molar-refractivity contribution in [2.45, 2.75) is 37.6 Å². The van der Waals surface area contributed by atoms with Crippen molar-refractivity contribution in [3.05, 3.63) is 24.3 Å². The molecule has 0 aliphatic carbocycles. The predicted molar refractivity (Wildman–Crippen MR) is 67.7 cm³/mol. The molecule has 4 nitrogen and oxygen atoms in total. The van der Waals surface area contributed by atoms with E-state index in [4.69, 9.17) is 4.74 Å². The van der Waals surface area contributed by atoms with E-state index >= 15 is 0 Å². The van der Waals surface area contributed by atoms with E-state index in [0.29, 0.717) is 5.75 Å². The number of ether oxygens (including phenoxy) is 1. The lowest BCUT2D eigenvalue weighted by molar-refractivity contribution is 0.414. The quantitative estimate of drug-likeness (QED) is 0.849. The Morgan fingerprint density at radius 2 is 1.88 bits per heavy atom. The normalized spacial score (nSPS) is 13.4. The Kier molecular flexibility index (Phi) is 4.96. The first-order valence-corrected chi connectivity index (χ1v) is 7.14. The average Bonchev–Trinajstić information content (AvgIpc) is 2.28. The zero-order chi connectivity index (χ0) is 12.9. The summed E-state index contributed by atoms with van der Waals surface area (Å²) < 4.78 is 31.6. The summed E-state index contributed by atoms with van der Waals surface area (Å²) in [5, 5.41) is 0. The van der Waals surface area contributed by atoms with Crippen LogP contribution in [0.5, 0.6) is 5.75 Å². The summed E-state index contributed by atoms with van der Waals surface area (Å²) in [5.41, 5.74) is 0. The maximum Gasteiger partial charge on any atom is 0.240 e. The molecule has 0 aliphatic rings. The maximum atomic E-state index is 12.0. The minimum Gasteiger partial charge on any atom is -0.497 e. The van der Waals surface area contributed by atoms with Gasteiger partial charge in [-0.05, 0) is 37.6 Å². The minimum absolute atomic E-state index is 0.0490. The fraction of sp³-hybridized carbons (Fsp3) is 0.500. The highest BCUT2D eigenvalue weighted by Crippen LogP contribution is 2.15. The highest BCUT2D eigenvalue weighted by molar-refractivity contribution is 7.89. The second kappa shape index (κ2) is 6.02. The minimum atomic E-state index is -3.41. The van der Waals surface area contributed by atoms with E-state index in [2.05, 4.69) is 4.72 Å². The Hall–Kier alpha value is -1.07. The Morgan fingerprint density at radius 3 is 2.35 bits per heavy atom. The van der Waals surface area contributed by atoms with Gasteiger partial charge >= 0.3 is 0 Å². The molecule has 1 N–H and O–H groups in total. The van der Waals surface area contributed by atoms with Crippen molar-refractivity contribution >= 4 is 10.0 Å². The summed E-state index contributed by atoms with van der Waals surface area (Å²) in [5.74, 6) is 0.644. The van der Waals surface area contributed by atoms with Gasteiger partial charge in [-0.1, -0.05) is 13.3 Å². The number of benzene rings is 1. The molecule has 1 aromatic rings. The predicted octanol–water partition coefficient (Wildman–Crippen LogP) is 2.16. The molecule has 0 saturated heterocycles. The summed E-state index contributed by atoms with van der Waals surface area (Å²) in [6.07, 6.45) is 1.78. The number of hydrogen-bond donors (Lipinski definition) is 1. The molecule has 0 aliphatic heterocycles. The van der Waals surface area contributed by atoms with Gasteiger partial charge in [0.25, 0.3) is 0 Å². The lowest BCUT2D eigenvalue weighted by Crippen LogP contribution is -2.32. The number of nitrogens with one attached hydrogen (secondary N) is 1. The van der Waals surface area contributed by atoms with Crippen molar-refractivity contribution in [2.75, 3.05) is 7.11 Å². The highest BCUT2D eigenvalue weighted by atomic mass is 32.2. The summed E-state index contributed by atoms with van der Waals surface area (Å²) >= 11 is 0. The molecule has 17 heavy (non-hydrogen) atoms. The van der Waals surface area contributed by atoms with Gasteiger partial charge < -0.3 is 4.74 Å². The van der Waals surface area contributed by atoms with E-state index in [9.17, 15) is 8.42 Å². The molecule has 5 heteroatoms. The van der Waals surface area contributed by atoms with Crippen LogP contribution in [0.4, 0.5) is 0 Å². The molecule has 96 valence electrons. The molecule has 1 atom stereocenters. The molecular weight excluding hydrogens is 238 g/mol. The van der Waals surface area contributed by atoms with Crippen LogP contribution >= 0.6 is 0 Å². The van der Waals surface area contributed by atoms with Crippen LogP contribution in [0, 0.1) is 0 Å². The van der Waals surface area contributed by atoms with Crippen LogP contribution in [0.15, 0.2) is 29.2 Å². The van der Waals surface area contributed by atoms with Crippen LogP contribution in [-0.4, -0.2) is 21.6 Å². The van der Waals surface area contributed by atoms with Gasteiger partial charge in [-0.3, -0.25) is 0 Å². The first-order chi connectivity index (χ1) is 7.99.